The van der Waals surface area contributed by atoms with Gasteiger partial charge in [0.05, 0.1) is 0 Å². The van der Waals surface area contributed by atoms with Gasteiger partial charge in [-0.2, -0.15) is 11.8 Å². The Hall–Kier alpha value is -1.00. The van der Waals surface area contributed by atoms with Gasteiger partial charge in [-0.05, 0) is 18.4 Å². The Bertz CT molecular complexity index is 263. The van der Waals surface area contributed by atoms with Gasteiger partial charge in [0.1, 0.15) is 5.75 Å². The summed E-state index contributed by atoms with van der Waals surface area (Å²) in [6.07, 6.45) is 2.05. The molecule has 15 heavy (non-hydrogen) atoms. The molecule has 0 saturated heterocycles. The zero-order chi connectivity index (χ0) is 11.5. The summed E-state index contributed by atoms with van der Waals surface area (Å²) in [5, 5.41) is 0. The minimum atomic E-state index is -0.286. The lowest BCUT2D eigenvalue weighted by Crippen LogP contribution is -2.00. The third-order valence-corrected chi connectivity index (χ3v) is 1.97. The van der Waals surface area contributed by atoms with Gasteiger partial charge in [-0.3, -0.25) is 4.79 Å². The number of carbonyl (C=O) groups excluding carboxylic acids is 1. The standard InChI is InChI=1S/C8H8O2.C3H9NS/c1-7(9)10-8-5-3-2-4-6-8;1-5-3-2-4/h2-6H,1H3;2-4H2,1H3. The molecule has 0 amide bonds. The average molecular weight is 227 g/mol. The lowest BCUT2D eigenvalue weighted by molar-refractivity contribution is -0.131. The van der Waals surface area contributed by atoms with Gasteiger partial charge >= 0.3 is 5.97 Å². The van der Waals surface area contributed by atoms with E-state index in [0.29, 0.717) is 5.75 Å². The molecule has 0 aromatic heterocycles. The number of rotatable bonds is 3. The maximum atomic E-state index is 10.4. The van der Waals surface area contributed by atoms with Gasteiger partial charge in [0.2, 0.25) is 0 Å². The van der Waals surface area contributed by atoms with Gasteiger partial charge in [0, 0.05) is 19.2 Å². The summed E-state index contributed by atoms with van der Waals surface area (Å²) < 4.78 is 4.78. The van der Waals surface area contributed by atoms with Crippen molar-refractivity contribution in [3.05, 3.63) is 30.3 Å². The van der Waals surface area contributed by atoms with Gasteiger partial charge in [-0.1, -0.05) is 18.2 Å². The van der Waals surface area contributed by atoms with E-state index < -0.39 is 0 Å². The Morgan fingerprint density at radius 1 is 1.40 bits per heavy atom. The number of nitrogens with two attached hydrogens (primary N) is 1. The van der Waals surface area contributed by atoms with Crippen molar-refractivity contribution in [1.82, 2.24) is 0 Å². The second-order valence-corrected chi connectivity index (χ2v) is 3.67. The van der Waals surface area contributed by atoms with Gasteiger partial charge < -0.3 is 10.5 Å². The molecule has 4 heteroatoms. The summed E-state index contributed by atoms with van der Waals surface area (Å²) in [6, 6.07) is 8.98. The van der Waals surface area contributed by atoms with Crippen molar-refractivity contribution in [2.24, 2.45) is 5.73 Å². The van der Waals surface area contributed by atoms with Crippen molar-refractivity contribution >= 4 is 17.7 Å². The number of thioether (sulfide) groups is 1. The summed E-state index contributed by atoms with van der Waals surface area (Å²) in [5.74, 6) is 1.39. The molecule has 0 heterocycles. The average Bonchev–Trinajstić information content (AvgIpc) is 2.20. The monoisotopic (exact) mass is 227 g/mol. The maximum absolute atomic E-state index is 10.4. The van der Waals surface area contributed by atoms with Crippen LogP contribution in [0.3, 0.4) is 0 Å². The highest BCUT2D eigenvalue weighted by molar-refractivity contribution is 7.98. The number of esters is 1. The largest absolute Gasteiger partial charge is 0.427 e. The summed E-state index contributed by atoms with van der Waals surface area (Å²) in [4.78, 5) is 10.4. The fourth-order valence-electron chi connectivity index (χ4n) is 0.772. The van der Waals surface area contributed by atoms with Crippen molar-refractivity contribution in [2.45, 2.75) is 6.92 Å². The van der Waals surface area contributed by atoms with E-state index in [4.69, 9.17) is 10.5 Å². The van der Waals surface area contributed by atoms with Crippen LogP contribution in [-0.2, 0) is 4.79 Å². The van der Waals surface area contributed by atoms with Crippen LogP contribution >= 0.6 is 11.8 Å². The van der Waals surface area contributed by atoms with E-state index in [1.807, 2.05) is 24.5 Å². The van der Waals surface area contributed by atoms with Crippen LogP contribution < -0.4 is 10.5 Å². The molecule has 84 valence electrons. The highest BCUT2D eigenvalue weighted by Gasteiger charge is 1.92. The zero-order valence-corrected chi connectivity index (χ0v) is 9.92. The van der Waals surface area contributed by atoms with E-state index in [0.717, 1.165) is 12.3 Å². The molecule has 2 N–H and O–H groups in total. The first kappa shape index (κ1) is 14.0. The van der Waals surface area contributed by atoms with Gasteiger partial charge in [-0.15, -0.1) is 0 Å². The molecule has 0 aliphatic carbocycles. The number of hydrogen-bond donors (Lipinski definition) is 1. The number of benzene rings is 1. The van der Waals surface area contributed by atoms with E-state index in [9.17, 15) is 4.79 Å². The number of carbonyl (C=O) groups is 1. The summed E-state index contributed by atoms with van der Waals surface area (Å²) in [7, 11) is 0. The van der Waals surface area contributed by atoms with Crippen LogP contribution in [0.15, 0.2) is 30.3 Å². The predicted octanol–water partition coefficient (Wildman–Crippen LogP) is 1.92. The summed E-state index contributed by atoms with van der Waals surface area (Å²) in [5.41, 5.74) is 5.12. The van der Waals surface area contributed by atoms with Crippen LogP contribution in [0, 0.1) is 0 Å². The highest BCUT2D eigenvalue weighted by atomic mass is 32.2. The zero-order valence-electron chi connectivity index (χ0n) is 9.10. The fourth-order valence-corrected chi connectivity index (χ4v) is 1.01. The van der Waals surface area contributed by atoms with E-state index in [-0.39, 0.29) is 5.97 Å². The first-order valence-electron chi connectivity index (χ1n) is 4.63. The van der Waals surface area contributed by atoms with Crippen molar-refractivity contribution in [3.8, 4) is 5.75 Å². The fraction of sp³-hybridized carbons (Fsp3) is 0.364. The Labute approximate surface area is 95.0 Å². The third kappa shape index (κ3) is 9.31. The van der Waals surface area contributed by atoms with E-state index in [1.54, 1.807) is 23.9 Å². The molecule has 0 spiro atoms. The predicted molar refractivity (Wildman–Crippen MR) is 65.2 cm³/mol. The molecular weight excluding hydrogens is 210 g/mol. The Balaban J connectivity index is 0.000000336. The van der Waals surface area contributed by atoms with Crippen LogP contribution in [0.1, 0.15) is 6.92 Å². The first-order chi connectivity index (χ1) is 7.20. The Kier molecular flexibility index (Phi) is 8.91. The number of hydrogen-bond acceptors (Lipinski definition) is 4. The van der Waals surface area contributed by atoms with Crippen LogP contribution in [0.4, 0.5) is 0 Å². The maximum Gasteiger partial charge on any atom is 0.308 e. The van der Waals surface area contributed by atoms with E-state index >= 15 is 0 Å². The number of para-hydroxylation sites is 1. The molecule has 0 radical (unpaired) electrons. The van der Waals surface area contributed by atoms with E-state index in [2.05, 4.69) is 0 Å². The number of ether oxygens (including phenoxy) is 1. The van der Waals surface area contributed by atoms with Crippen molar-refractivity contribution < 1.29 is 9.53 Å². The van der Waals surface area contributed by atoms with Gasteiger partial charge in [-0.25, -0.2) is 0 Å². The third-order valence-electron chi connectivity index (χ3n) is 1.33. The minimum Gasteiger partial charge on any atom is -0.427 e. The van der Waals surface area contributed by atoms with Crippen LogP contribution in [0.5, 0.6) is 5.75 Å². The summed E-state index contributed by atoms with van der Waals surface area (Å²) in [6.45, 7) is 2.19. The molecule has 0 aliphatic heterocycles. The van der Waals surface area contributed by atoms with Crippen LogP contribution in [-0.4, -0.2) is 24.5 Å². The van der Waals surface area contributed by atoms with E-state index in [1.165, 1.54) is 6.92 Å². The van der Waals surface area contributed by atoms with Crippen molar-refractivity contribution in [2.75, 3.05) is 18.6 Å². The molecular formula is C11H17NO2S. The molecule has 0 bridgehead atoms. The molecule has 0 unspecified atom stereocenters. The van der Waals surface area contributed by atoms with Crippen molar-refractivity contribution in [1.29, 1.82) is 0 Å². The molecule has 3 nitrogen and oxygen atoms in total. The quantitative estimate of drug-likeness (QED) is 0.633. The van der Waals surface area contributed by atoms with Crippen LogP contribution in [0.25, 0.3) is 0 Å². The normalized spacial score (nSPS) is 8.73. The topological polar surface area (TPSA) is 52.3 Å². The lowest BCUT2D eigenvalue weighted by Gasteiger charge is -1.97. The Morgan fingerprint density at radius 3 is 2.33 bits per heavy atom. The second-order valence-electron chi connectivity index (χ2n) is 2.69. The summed E-state index contributed by atoms with van der Waals surface area (Å²) >= 11 is 1.78. The Morgan fingerprint density at radius 2 is 2.00 bits per heavy atom. The minimum absolute atomic E-state index is 0.286. The molecule has 1 aromatic carbocycles. The molecule has 0 aliphatic rings. The van der Waals surface area contributed by atoms with Gasteiger partial charge in [0.25, 0.3) is 0 Å². The van der Waals surface area contributed by atoms with Crippen LogP contribution in [0.2, 0.25) is 0 Å². The molecule has 0 fully saturated rings. The second kappa shape index (κ2) is 9.55. The SMILES string of the molecule is CC(=O)Oc1ccccc1.CSCCN. The highest BCUT2D eigenvalue weighted by Crippen LogP contribution is 2.07. The molecule has 1 rings (SSSR count). The molecule has 1 aromatic rings. The molecule has 0 atom stereocenters. The molecule has 0 saturated carbocycles. The van der Waals surface area contributed by atoms with Gasteiger partial charge in [0.15, 0.2) is 0 Å². The lowest BCUT2D eigenvalue weighted by atomic mass is 10.3. The first-order valence-corrected chi connectivity index (χ1v) is 6.02. The smallest absolute Gasteiger partial charge is 0.308 e. The van der Waals surface area contributed by atoms with Crippen molar-refractivity contribution in [3.63, 3.8) is 0 Å².